The number of hydrogen-bond acceptors (Lipinski definition) is 7. The van der Waals surface area contributed by atoms with Gasteiger partial charge in [0.15, 0.2) is 0 Å². The smallest absolute Gasteiger partial charge is 0.326 e. The van der Waals surface area contributed by atoms with Crippen molar-refractivity contribution in [1.29, 1.82) is 0 Å². The van der Waals surface area contributed by atoms with Gasteiger partial charge in [0, 0.05) is 12.8 Å². The highest BCUT2D eigenvalue weighted by molar-refractivity contribution is 5.94. The van der Waals surface area contributed by atoms with Crippen molar-refractivity contribution in [1.82, 2.24) is 16.0 Å². The number of aliphatic hydroxyl groups excluding tert-OH is 1. The van der Waals surface area contributed by atoms with Gasteiger partial charge in [0.1, 0.15) is 24.2 Å². The van der Waals surface area contributed by atoms with Gasteiger partial charge in [-0.15, -0.1) is 0 Å². The Morgan fingerprint density at radius 3 is 1.91 bits per heavy atom. The van der Waals surface area contributed by atoms with E-state index in [0.29, 0.717) is 5.56 Å². The molecule has 194 valence electrons. The first kappa shape index (κ1) is 29.5. The van der Waals surface area contributed by atoms with E-state index in [0.717, 1.165) is 0 Å². The summed E-state index contributed by atoms with van der Waals surface area (Å²) >= 11 is 0. The summed E-state index contributed by atoms with van der Waals surface area (Å²) < 4.78 is 0. The molecule has 0 aliphatic heterocycles. The second kappa shape index (κ2) is 14.7. The van der Waals surface area contributed by atoms with Gasteiger partial charge in [0.05, 0.1) is 6.61 Å². The fourth-order valence-corrected chi connectivity index (χ4v) is 3.20. The van der Waals surface area contributed by atoms with Gasteiger partial charge in [0.2, 0.25) is 17.7 Å². The normalized spacial score (nSPS) is 14.3. The second-order valence-corrected chi connectivity index (χ2v) is 8.56. The minimum Gasteiger partial charge on any atom is -0.481 e. The quantitative estimate of drug-likeness (QED) is 0.159. The number of aliphatic hydroxyl groups is 1. The molecule has 35 heavy (non-hydrogen) atoms. The molecule has 3 amide bonds. The van der Waals surface area contributed by atoms with Crippen LogP contribution in [0, 0.1) is 5.92 Å². The van der Waals surface area contributed by atoms with Gasteiger partial charge in [-0.2, -0.15) is 0 Å². The number of carbonyl (C=O) groups is 5. The molecular weight excluding hydrogens is 460 g/mol. The van der Waals surface area contributed by atoms with E-state index in [9.17, 15) is 29.1 Å². The summed E-state index contributed by atoms with van der Waals surface area (Å²) in [6.45, 7) is 2.96. The standard InChI is InChI=1S/C23H34N4O8/c1-13(2)10-17(26-20(31)15(24)12-28)22(33)25-16(8-9-19(29)30)21(32)27-18(23(34)35)11-14-6-4-3-5-7-14/h3-7,13,15-18,28H,8-12,24H2,1-2H3,(H,25,33)(H,26,31)(H,27,32)(H,29,30)(H,34,35). The number of rotatable bonds is 15. The first-order chi connectivity index (χ1) is 16.4. The average molecular weight is 495 g/mol. The lowest BCUT2D eigenvalue weighted by Crippen LogP contribution is -2.57. The third-order valence-electron chi connectivity index (χ3n) is 5.05. The number of carboxylic acids is 2. The van der Waals surface area contributed by atoms with Gasteiger partial charge in [-0.3, -0.25) is 19.2 Å². The molecule has 0 aromatic heterocycles. The van der Waals surface area contributed by atoms with E-state index in [-0.39, 0.29) is 25.2 Å². The summed E-state index contributed by atoms with van der Waals surface area (Å²) in [6, 6.07) is 3.55. The van der Waals surface area contributed by atoms with Crippen molar-refractivity contribution in [2.75, 3.05) is 6.61 Å². The van der Waals surface area contributed by atoms with Crippen molar-refractivity contribution >= 4 is 29.7 Å². The third kappa shape index (κ3) is 11.0. The van der Waals surface area contributed by atoms with Gasteiger partial charge in [-0.25, -0.2) is 4.79 Å². The molecule has 0 aliphatic carbocycles. The fourth-order valence-electron chi connectivity index (χ4n) is 3.20. The van der Waals surface area contributed by atoms with E-state index in [4.69, 9.17) is 15.9 Å². The predicted molar refractivity (Wildman–Crippen MR) is 125 cm³/mol. The molecule has 4 unspecified atom stereocenters. The lowest BCUT2D eigenvalue weighted by Gasteiger charge is -2.25. The first-order valence-corrected chi connectivity index (χ1v) is 11.2. The molecule has 1 rings (SSSR count). The van der Waals surface area contributed by atoms with Crippen LogP contribution in [0.15, 0.2) is 30.3 Å². The largest absolute Gasteiger partial charge is 0.481 e. The summed E-state index contributed by atoms with van der Waals surface area (Å²) in [5, 5.41) is 34.9. The Morgan fingerprint density at radius 1 is 0.857 bits per heavy atom. The maximum absolute atomic E-state index is 12.9. The van der Waals surface area contributed by atoms with E-state index in [1.165, 1.54) is 0 Å². The molecule has 12 heteroatoms. The van der Waals surface area contributed by atoms with E-state index < -0.39 is 66.9 Å². The maximum atomic E-state index is 12.9. The number of nitrogens with two attached hydrogens (primary N) is 1. The van der Waals surface area contributed by atoms with Crippen molar-refractivity contribution < 1.29 is 39.3 Å². The van der Waals surface area contributed by atoms with Crippen LogP contribution < -0.4 is 21.7 Å². The Kier molecular flexibility index (Phi) is 12.4. The molecule has 0 heterocycles. The number of nitrogens with one attached hydrogen (secondary N) is 3. The molecule has 8 N–H and O–H groups in total. The summed E-state index contributed by atoms with van der Waals surface area (Å²) in [4.78, 5) is 60.7. The number of benzene rings is 1. The highest BCUT2D eigenvalue weighted by atomic mass is 16.4. The summed E-state index contributed by atoms with van der Waals surface area (Å²) in [6.07, 6.45) is -0.615. The molecule has 1 aromatic rings. The van der Waals surface area contributed by atoms with Gasteiger partial charge < -0.3 is 37.0 Å². The highest BCUT2D eigenvalue weighted by Gasteiger charge is 2.31. The Hall–Kier alpha value is -3.51. The van der Waals surface area contributed by atoms with Gasteiger partial charge in [0.25, 0.3) is 0 Å². The molecule has 0 bridgehead atoms. The number of amides is 3. The molecule has 12 nitrogen and oxygen atoms in total. The predicted octanol–water partition coefficient (Wildman–Crippen LogP) is -1.00. The van der Waals surface area contributed by atoms with Gasteiger partial charge >= 0.3 is 11.9 Å². The molecule has 0 spiro atoms. The van der Waals surface area contributed by atoms with E-state index in [1.54, 1.807) is 44.2 Å². The summed E-state index contributed by atoms with van der Waals surface area (Å²) in [5.41, 5.74) is 6.15. The molecule has 0 aliphatic rings. The lowest BCUT2D eigenvalue weighted by molar-refractivity contribution is -0.143. The Morgan fingerprint density at radius 2 is 1.40 bits per heavy atom. The zero-order chi connectivity index (χ0) is 26.5. The highest BCUT2D eigenvalue weighted by Crippen LogP contribution is 2.09. The SMILES string of the molecule is CC(C)CC(NC(=O)C(N)CO)C(=O)NC(CCC(=O)O)C(=O)NC(Cc1ccccc1)C(=O)O. The fraction of sp³-hybridized carbons (Fsp3) is 0.522. The number of hydrogen-bond donors (Lipinski definition) is 7. The van der Waals surface area contributed by atoms with Crippen LogP contribution in [0.2, 0.25) is 0 Å². The maximum Gasteiger partial charge on any atom is 0.326 e. The van der Waals surface area contributed by atoms with Crippen LogP contribution in [-0.2, 0) is 30.4 Å². The van der Waals surface area contributed by atoms with E-state index in [1.807, 2.05) is 0 Å². The Labute approximate surface area is 203 Å². The van der Waals surface area contributed by atoms with Crippen LogP contribution >= 0.6 is 0 Å². The molecule has 0 saturated heterocycles. The van der Waals surface area contributed by atoms with Crippen molar-refractivity contribution in [2.24, 2.45) is 11.7 Å². The van der Waals surface area contributed by atoms with E-state index in [2.05, 4.69) is 16.0 Å². The summed E-state index contributed by atoms with van der Waals surface area (Å²) in [7, 11) is 0. The average Bonchev–Trinajstić information content (AvgIpc) is 2.80. The van der Waals surface area contributed by atoms with Crippen LogP contribution in [0.25, 0.3) is 0 Å². The number of aliphatic carboxylic acids is 2. The Bertz CT molecular complexity index is 878. The molecule has 0 fully saturated rings. The monoisotopic (exact) mass is 494 g/mol. The van der Waals surface area contributed by atoms with Gasteiger partial charge in [-0.1, -0.05) is 44.2 Å². The Balaban J connectivity index is 3.03. The minimum absolute atomic E-state index is 0.0212. The van der Waals surface area contributed by atoms with Crippen molar-refractivity contribution in [2.45, 2.75) is 63.7 Å². The lowest BCUT2D eigenvalue weighted by atomic mass is 10.0. The number of carboxylic acid groups (broad SMARTS) is 2. The second-order valence-electron chi connectivity index (χ2n) is 8.56. The van der Waals surface area contributed by atoms with Crippen molar-refractivity contribution in [3.05, 3.63) is 35.9 Å². The first-order valence-electron chi connectivity index (χ1n) is 11.2. The zero-order valence-corrected chi connectivity index (χ0v) is 19.8. The summed E-state index contributed by atoms with van der Waals surface area (Å²) in [5.74, 6) is -4.97. The van der Waals surface area contributed by atoms with Crippen molar-refractivity contribution in [3.63, 3.8) is 0 Å². The third-order valence-corrected chi connectivity index (χ3v) is 5.05. The molecular formula is C23H34N4O8. The van der Waals surface area contributed by atoms with Crippen LogP contribution in [0.1, 0.15) is 38.7 Å². The van der Waals surface area contributed by atoms with Crippen LogP contribution in [-0.4, -0.2) is 75.8 Å². The zero-order valence-electron chi connectivity index (χ0n) is 19.8. The van der Waals surface area contributed by atoms with Crippen LogP contribution in [0.3, 0.4) is 0 Å². The van der Waals surface area contributed by atoms with Crippen LogP contribution in [0.5, 0.6) is 0 Å². The van der Waals surface area contributed by atoms with E-state index >= 15 is 0 Å². The topological polar surface area (TPSA) is 208 Å². The molecule has 0 saturated carbocycles. The molecule has 0 radical (unpaired) electrons. The molecule has 1 aromatic carbocycles. The van der Waals surface area contributed by atoms with Crippen LogP contribution in [0.4, 0.5) is 0 Å². The van der Waals surface area contributed by atoms with Gasteiger partial charge in [-0.05, 0) is 24.3 Å². The number of carbonyl (C=O) groups excluding carboxylic acids is 3. The minimum atomic E-state index is -1.37. The molecule has 4 atom stereocenters. The van der Waals surface area contributed by atoms with Crippen molar-refractivity contribution in [3.8, 4) is 0 Å².